The van der Waals surface area contributed by atoms with Crippen molar-refractivity contribution in [3.8, 4) is 0 Å². The van der Waals surface area contributed by atoms with Gasteiger partial charge in [0, 0.05) is 25.0 Å². The lowest BCUT2D eigenvalue weighted by atomic mass is 9.81. The van der Waals surface area contributed by atoms with E-state index in [4.69, 9.17) is 5.73 Å². The molecule has 0 aliphatic heterocycles. The number of amides is 1. The van der Waals surface area contributed by atoms with Crippen LogP contribution in [-0.2, 0) is 0 Å². The first kappa shape index (κ1) is 10.0. The fourth-order valence-corrected chi connectivity index (χ4v) is 1.71. The van der Waals surface area contributed by atoms with Crippen molar-refractivity contribution in [1.82, 2.24) is 15.3 Å². The fourth-order valence-electron chi connectivity index (χ4n) is 1.71. The normalized spacial score (nSPS) is 24.3. The van der Waals surface area contributed by atoms with Gasteiger partial charge in [-0.25, -0.2) is 9.97 Å². The van der Waals surface area contributed by atoms with Crippen LogP contribution in [0, 0.1) is 5.92 Å². The molecule has 1 aliphatic rings. The maximum absolute atomic E-state index is 11.5. The predicted octanol–water partition coefficient (Wildman–Crippen LogP) is -0.0563. The van der Waals surface area contributed by atoms with Crippen molar-refractivity contribution in [1.29, 1.82) is 0 Å². The Labute approximate surface area is 88.1 Å². The number of carbonyl (C=O) groups is 1. The van der Waals surface area contributed by atoms with Crippen molar-refractivity contribution < 1.29 is 4.79 Å². The quantitative estimate of drug-likeness (QED) is 0.726. The van der Waals surface area contributed by atoms with E-state index in [0.717, 1.165) is 12.8 Å². The third kappa shape index (κ3) is 2.50. The maximum Gasteiger partial charge on any atom is 0.254 e. The molecule has 5 heteroatoms. The SMILES string of the molecule is NC1CC(CNC(=O)c2cncnc2)C1. The van der Waals surface area contributed by atoms with Crippen LogP contribution in [0.4, 0.5) is 0 Å². The summed E-state index contributed by atoms with van der Waals surface area (Å²) in [7, 11) is 0. The smallest absolute Gasteiger partial charge is 0.254 e. The minimum Gasteiger partial charge on any atom is -0.352 e. The Kier molecular flexibility index (Phi) is 2.91. The number of hydrogen-bond donors (Lipinski definition) is 2. The molecular formula is C10H14N4O. The second kappa shape index (κ2) is 4.35. The topological polar surface area (TPSA) is 80.9 Å². The molecule has 1 amide bonds. The van der Waals surface area contributed by atoms with Crippen LogP contribution in [0.2, 0.25) is 0 Å². The van der Waals surface area contributed by atoms with Gasteiger partial charge in [0.1, 0.15) is 6.33 Å². The van der Waals surface area contributed by atoms with Crippen LogP contribution < -0.4 is 11.1 Å². The second-order valence-electron chi connectivity index (χ2n) is 3.93. The van der Waals surface area contributed by atoms with Gasteiger partial charge in [0.25, 0.3) is 5.91 Å². The predicted molar refractivity (Wildman–Crippen MR) is 55.1 cm³/mol. The maximum atomic E-state index is 11.5. The van der Waals surface area contributed by atoms with Gasteiger partial charge >= 0.3 is 0 Å². The Hall–Kier alpha value is -1.49. The lowest BCUT2D eigenvalue weighted by molar-refractivity contribution is 0.0934. The summed E-state index contributed by atoms with van der Waals surface area (Å²) in [5.74, 6) is 0.421. The molecule has 1 fully saturated rings. The number of nitrogens with one attached hydrogen (secondary N) is 1. The van der Waals surface area contributed by atoms with Crippen LogP contribution in [-0.4, -0.2) is 28.5 Å². The molecule has 15 heavy (non-hydrogen) atoms. The molecular weight excluding hydrogens is 192 g/mol. The first-order valence-electron chi connectivity index (χ1n) is 5.04. The van der Waals surface area contributed by atoms with Gasteiger partial charge in [-0.3, -0.25) is 4.79 Å². The fraction of sp³-hybridized carbons (Fsp3) is 0.500. The Bertz CT molecular complexity index is 335. The van der Waals surface area contributed by atoms with E-state index in [1.807, 2.05) is 0 Å². The number of nitrogens with zero attached hydrogens (tertiary/aromatic N) is 2. The Balaban J connectivity index is 1.78. The lowest BCUT2D eigenvalue weighted by Gasteiger charge is -2.32. The van der Waals surface area contributed by atoms with Gasteiger partial charge in [0.15, 0.2) is 0 Å². The number of nitrogens with two attached hydrogens (primary N) is 1. The van der Waals surface area contributed by atoms with Crippen molar-refractivity contribution in [2.24, 2.45) is 11.7 Å². The molecule has 2 rings (SSSR count). The van der Waals surface area contributed by atoms with Crippen LogP contribution >= 0.6 is 0 Å². The van der Waals surface area contributed by atoms with Crippen LogP contribution in [0.5, 0.6) is 0 Å². The van der Waals surface area contributed by atoms with Crippen molar-refractivity contribution in [3.05, 3.63) is 24.3 Å². The monoisotopic (exact) mass is 206 g/mol. The van der Waals surface area contributed by atoms with Crippen LogP contribution in [0.3, 0.4) is 0 Å². The molecule has 1 heterocycles. The Morgan fingerprint density at radius 3 is 2.73 bits per heavy atom. The van der Waals surface area contributed by atoms with E-state index in [2.05, 4.69) is 15.3 Å². The highest BCUT2D eigenvalue weighted by Crippen LogP contribution is 2.24. The van der Waals surface area contributed by atoms with Gasteiger partial charge in [0.2, 0.25) is 0 Å². The molecule has 0 saturated heterocycles. The average molecular weight is 206 g/mol. The summed E-state index contributed by atoms with van der Waals surface area (Å²) in [6, 6.07) is 0.326. The van der Waals surface area contributed by atoms with Crippen LogP contribution in [0.15, 0.2) is 18.7 Å². The number of carbonyl (C=O) groups excluding carboxylic acids is 1. The van der Waals surface area contributed by atoms with E-state index < -0.39 is 0 Å². The molecule has 0 atom stereocenters. The van der Waals surface area contributed by atoms with Crippen molar-refractivity contribution >= 4 is 5.91 Å². The van der Waals surface area contributed by atoms with Gasteiger partial charge in [0.05, 0.1) is 5.56 Å². The van der Waals surface area contributed by atoms with Crippen molar-refractivity contribution in [3.63, 3.8) is 0 Å². The van der Waals surface area contributed by atoms with Gasteiger partial charge in [-0.05, 0) is 18.8 Å². The summed E-state index contributed by atoms with van der Waals surface area (Å²) in [4.78, 5) is 19.1. The minimum absolute atomic E-state index is 0.115. The summed E-state index contributed by atoms with van der Waals surface area (Å²) in [5, 5.41) is 2.85. The standard InChI is InChI=1S/C10H14N4O/c11-9-1-7(2-9)3-14-10(15)8-4-12-6-13-5-8/h4-7,9H,1-3,11H2,(H,14,15). The second-order valence-corrected chi connectivity index (χ2v) is 3.93. The zero-order chi connectivity index (χ0) is 10.7. The summed E-state index contributed by atoms with van der Waals surface area (Å²) in [6.45, 7) is 0.696. The molecule has 0 aromatic carbocycles. The first-order chi connectivity index (χ1) is 7.25. The molecule has 0 radical (unpaired) electrons. The summed E-state index contributed by atoms with van der Waals surface area (Å²) >= 11 is 0. The van der Waals surface area contributed by atoms with Gasteiger partial charge in [-0.2, -0.15) is 0 Å². The third-order valence-corrected chi connectivity index (χ3v) is 2.65. The van der Waals surface area contributed by atoms with Gasteiger partial charge < -0.3 is 11.1 Å². The molecule has 0 spiro atoms. The van der Waals surface area contributed by atoms with E-state index in [1.165, 1.54) is 18.7 Å². The summed E-state index contributed by atoms with van der Waals surface area (Å²) < 4.78 is 0. The third-order valence-electron chi connectivity index (χ3n) is 2.65. The molecule has 1 aromatic heterocycles. The Morgan fingerprint density at radius 2 is 2.13 bits per heavy atom. The van der Waals surface area contributed by atoms with Crippen LogP contribution in [0.1, 0.15) is 23.2 Å². The van der Waals surface area contributed by atoms with Crippen LogP contribution in [0.25, 0.3) is 0 Å². The van der Waals surface area contributed by atoms with E-state index in [1.54, 1.807) is 0 Å². The van der Waals surface area contributed by atoms with E-state index in [0.29, 0.717) is 24.1 Å². The highest BCUT2D eigenvalue weighted by Gasteiger charge is 2.25. The Morgan fingerprint density at radius 1 is 1.47 bits per heavy atom. The molecule has 0 unspecified atom stereocenters. The molecule has 3 N–H and O–H groups in total. The lowest BCUT2D eigenvalue weighted by Crippen LogP contribution is -2.42. The molecule has 5 nitrogen and oxygen atoms in total. The molecule has 1 saturated carbocycles. The molecule has 80 valence electrons. The first-order valence-corrected chi connectivity index (χ1v) is 5.04. The molecule has 1 aliphatic carbocycles. The van der Waals surface area contributed by atoms with Gasteiger partial charge in [-0.1, -0.05) is 0 Å². The largest absolute Gasteiger partial charge is 0.352 e. The minimum atomic E-state index is -0.115. The van der Waals surface area contributed by atoms with E-state index >= 15 is 0 Å². The number of hydrogen-bond acceptors (Lipinski definition) is 4. The zero-order valence-corrected chi connectivity index (χ0v) is 8.39. The zero-order valence-electron chi connectivity index (χ0n) is 8.39. The van der Waals surface area contributed by atoms with E-state index in [-0.39, 0.29) is 5.91 Å². The molecule has 1 aromatic rings. The summed E-state index contributed by atoms with van der Waals surface area (Å²) in [6.07, 6.45) is 6.43. The van der Waals surface area contributed by atoms with Gasteiger partial charge in [-0.15, -0.1) is 0 Å². The summed E-state index contributed by atoms with van der Waals surface area (Å²) in [5.41, 5.74) is 6.15. The van der Waals surface area contributed by atoms with Crippen molar-refractivity contribution in [2.45, 2.75) is 18.9 Å². The number of rotatable bonds is 3. The highest BCUT2D eigenvalue weighted by molar-refractivity contribution is 5.93. The number of aromatic nitrogens is 2. The highest BCUT2D eigenvalue weighted by atomic mass is 16.1. The van der Waals surface area contributed by atoms with E-state index in [9.17, 15) is 4.79 Å². The van der Waals surface area contributed by atoms with Crippen molar-refractivity contribution in [2.75, 3.05) is 6.54 Å². The average Bonchev–Trinajstić information content (AvgIpc) is 2.23. The molecule has 0 bridgehead atoms.